The third-order valence-electron chi connectivity index (χ3n) is 2.21. The maximum Gasteiger partial charge on any atom is 0.114 e. The van der Waals surface area contributed by atoms with E-state index in [-0.39, 0.29) is 25.4 Å². The van der Waals surface area contributed by atoms with Crippen LogP contribution in [0.4, 0.5) is 0 Å². The fourth-order valence-electron chi connectivity index (χ4n) is 1.46. The predicted octanol–water partition coefficient (Wildman–Crippen LogP) is -1.48. The van der Waals surface area contributed by atoms with Crippen LogP contribution in [-0.4, -0.2) is 61.1 Å². The number of aliphatic hydroxyl groups is 2. The monoisotopic (exact) mass is 190 g/mol. The summed E-state index contributed by atoms with van der Waals surface area (Å²) in [5.74, 6) is 0. The van der Waals surface area contributed by atoms with E-state index in [1.54, 1.807) is 0 Å². The largest absolute Gasteiger partial charge is 0.388 e. The molecular formula is C8H14O5. The molecule has 0 unspecified atom stereocenters. The number of epoxide rings is 1. The van der Waals surface area contributed by atoms with Crippen molar-refractivity contribution in [3.8, 4) is 0 Å². The second kappa shape index (κ2) is 3.89. The average molecular weight is 190 g/mol. The van der Waals surface area contributed by atoms with Crippen LogP contribution in [0.25, 0.3) is 0 Å². The highest BCUT2D eigenvalue weighted by Gasteiger charge is 2.46. The van der Waals surface area contributed by atoms with E-state index < -0.39 is 12.2 Å². The second-order valence-corrected chi connectivity index (χ2v) is 3.34. The van der Waals surface area contributed by atoms with Crippen LogP contribution in [0, 0.1) is 0 Å². The number of rotatable bonds is 0. The van der Waals surface area contributed by atoms with Crippen molar-refractivity contribution in [2.24, 2.45) is 0 Å². The molecule has 0 aromatic rings. The zero-order valence-electron chi connectivity index (χ0n) is 7.26. The SMILES string of the molecule is C1CO1.O[C@@H]1CO[C@H]2[C@@H]1OC[C@@H]2O. The van der Waals surface area contributed by atoms with E-state index in [2.05, 4.69) is 4.74 Å². The summed E-state index contributed by atoms with van der Waals surface area (Å²) in [4.78, 5) is 0. The predicted molar refractivity (Wildman–Crippen MR) is 42.3 cm³/mol. The van der Waals surface area contributed by atoms with Gasteiger partial charge in [-0.05, 0) is 0 Å². The Bertz CT molecular complexity index is 153. The van der Waals surface area contributed by atoms with Gasteiger partial charge in [-0.1, -0.05) is 0 Å². The number of hydrogen-bond donors (Lipinski definition) is 2. The summed E-state index contributed by atoms with van der Waals surface area (Å²) in [6, 6.07) is 0. The summed E-state index contributed by atoms with van der Waals surface area (Å²) in [5.41, 5.74) is 0. The number of aliphatic hydroxyl groups excluding tert-OH is 2. The van der Waals surface area contributed by atoms with Gasteiger partial charge >= 0.3 is 0 Å². The number of ether oxygens (including phenoxy) is 3. The van der Waals surface area contributed by atoms with E-state index in [9.17, 15) is 0 Å². The minimum absolute atomic E-state index is 0.284. The molecule has 3 heterocycles. The maximum atomic E-state index is 9.16. The second-order valence-electron chi connectivity index (χ2n) is 3.34. The lowest BCUT2D eigenvalue weighted by Crippen LogP contribution is -2.30. The first-order chi connectivity index (χ1) is 6.29. The van der Waals surface area contributed by atoms with Crippen LogP contribution in [-0.2, 0) is 14.2 Å². The highest BCUT2D eigenvalue weighted by Crippen LogP contribution is 2.26. The lowest BCUT2D eigenvalue weighted by atomic mass is 10.1. The van der Waals surface area contributed by atoms with Gasteiger partial charge in [0, 0.05) is 0 Å². The van der Waals surface area contributed by atoms with Gasteiger partial charge in [-0.25, -0.2) is 0 Å². The van der Waals surface area contributed by atoms with Gasteiger partial charge in [-0.2, -0.15) is 0 Å². The fourth-order valence-corrected chi connectivity index (χ4v) is 1.46. The van der Waals surface area contributed by atoms with E-state index in [0.29, 0.717) is 0 Å². The van der Waals surface area contributed by atoms with Gasteiger partial charge < -0.3 is 24.4 Å². The Hall–Kier alpha value is -0.200. The van der Waals surface area contributed by atoms with Gasteiger partial charge in [0.1, 0.15) is 24.4 Å². The van der Waals surface area contributed by atoms with Gasteiger partial charge in [0.2, 0.25) is 0 Å². The van der Waals surface area contributed by atoms with Crippen molar-refractivity contribution in [1.82, 2.24) is 0 Å². The molecule has 0 radical (unpaired) electrons. The molecule has 0 saturated carbocycles. The van der Waals surface area contributed by atoms with Gasteiger partial charge in [0.25, 0.3) is 0 Å². The molecule has 5 heteroatoms. The molecule has 3 saturated heterocycles. The van der Waals surface area contributed by atoms with Crippen molar-refractivity contribution in [2.45, 2.75) is 24.4 Å². The molecule has 0 amide bonds. The van der Waals surface area contributed by atoms with Crippen LogP contribution >= 0.6 is 0 Å². The van der Waals surface area contributed by atoms with Gasteiger partial charge in [0.15, 0.2) is 0 Å². The van der Waals surface area contributed by atoms with Crippen LogP contribution < -0.4 is 0 Å². The summed E-state index contributed by atoms with van der Waals surface area (Å²) in [6.45, 7) is 2.57. The minimum atomic E-state index is -0.554. The molecule has 3 aliphatic heterocycles. The molecule has 0 spiro atoms. The third kappa shape index (κ3) is 2.18. The van der Waals surface area contributed by atoms with E-state index >= 15 is 0 Å². The Balaban J connectivity index is 0.000000185. The summed E-state index contributed by atoms with van der Waals surface area (Å²) in [5, 5.41) is 18.3. The van der Waals surface area contributed by atoms with Crippen molar-refractivity contribution in [2.75, 3.05) is 26.4 Å². The Morgan fingerprint density at radius 3 is 1.54 bits per heavy atom. The van der Waals surface area contributed by atoms with Crippen LogP contribution in [0.2, 0.25) is 0 Å². The molecule has 5 nitrogen and oxygen atoms in total. The molecule has 0 aromatic carbocycles. The molecular weight excluding hydrogens is 176 g/mol. The van der Waals surface area contributed by atoms with Gasteiger partial charge in [0.05, 0.1) is 26.4 Å². The standard InChI is InChI=1S/C6H10O4.C2H4O/c7-3-1-9-6-4(8)2-10-5(3)6;1-2-3-1/h3-8H,1-2H2;1-2H2/t3-,4+,5-,6-;/m1./s1. The molecule has 76 valence electrons. The van der Waals surface area contributed by atoms with Gasteiger partial charge in [-0.3, -0.25) is 0 Å². The molecule has 4 atom stereocenters. The number of fused-ring (bicyclic) bond motifs is 1. The third-order valence-corrected chi connectivity index (χ3v) is 2.21. The smallest absolute Gasteiger partial charge is 0.114 e. The van der Waals surface area contributed by atoms with Crippen molar-refractivity contribution < 1.29 is 24.4 Å². The average Bonchev–Trinajstić information content (AvgIpc) is 2.89. The molecule has 3 aliphatic rings. The topological polar surface area (TPSA) is 71.5 Å². The Labute approximate surface area is 76.2 Å². The Morgan fingerprint density at radius 1 is 0.846 bits per heavy atom. The van der Waals surface area contributed by atoms with Crippen molar-refractivity contribution in [3.63, 3.8) is 0 Å². The van der Waals surface area contributed by atoms with Crippen molar-refractivity contribution in [1.29, 1.82) is 0 Å². The summed E-state index contributed by atoms with van der Waals surface area (Å²) in [7, 11) is 0. The van der Waals surface area contributed by atoms with Gasteiger partial charge in [-0.15, -0.1) is 0 Å². The minimum Gasteiger partial charge on any atom is -0.388 e. The molecule has 3 rings (SSSR count). The van der Waals surface area contributed by atoms with Crippen LogP contribution in [0.3, 0.4) is 0 Å². The summed E-state index contributed by atoms with van der Waals surface area (Å²) < 4.78 is 14.7. The first-order valence-electron chi connectivity index (χ1n) is 4.46. The highest BCUT2D eigenvalue weighted by atomic mass is 16.6. The lowest BCUT2D eigenvalue weighted by molar-refractivity contribution is 0.00205. The normalized spacial score (nSPS) is 46.6. The zero-order chi connectivity index (χ0) is 9.26. The van der Waals surface area contributed by atoms with E-state index in [1.807, 2.05) is 0 Å². The first kappa shape index (κ1) is 9.36. The van der Waals surface area contributed by atoms with Crippen LogP contribution in [0.15, 0.2) is 0 Å². The summed E-state index contributed by atoms with van der Waals surface area (Å²) >= 11 is 0. The Kier molecular flexibility index (Phi) is 2.80. The lowest BCUT2D eigenvalue weighted by Gasteiger charge is -2.09. The quantitative estimate of drug-likeness (QED) is 0.456. The Morgan fingerprint density at radius 2 is 1.23 bits per heavy atom. The van der Waals surface area contributed by atoms with E-state index in [4.69, 9.17) is 19.7 Å². The van der Waals surface area contributed by atoms with Crippen molar-refractivity contribution in [3.05, 3.63) is 0 Å². The molecule has 13 heavy (non-hydrogen) atoms. The fraction of sp³-hybridized carbons (Fsp3) is 1.00. The highest BCUT2D eigenvalue weighted by molar-refractivity contribution is 4.93. The molecule has 3 fully saturated rings. The van der Waals surface area contributed by atoms with E-state index in [1.165, 1.54) is 0 Å². The zero-order valence-corrected chi connectivity index (χ0v) is 7.26. The maximum absolute atomic E-state index is 9.16. The molecule has 0 aliphatic carbocycles. The van der Waals surface area contributed by atoms with Crippen molar-refractivity contribution >= 4 is 0 Å². The number of hydrogen-bond acceptors (Lipinski definition) is 5. The molecule has 2 N–H and O–H groups in total. The van der Waals surface area contributed by atoms with Crippen LogP contribution in [0.5, 0.6) is 0 Å². The van der Waals surface area contributed by atoms with E-state index in [0.717, 1.165) is 13.2 Å². The van der Waals surface area contributed by atoms with Crippen LogP contribution in [0.1, 0.15) is 0 Å². The molecule has 0 bridgehead atoms. The first-order valence-corrected chi connectivity index (χ1v) is 4.46. The molecule has 0 aromatic heterocycles. The summed E-state index contributed by atoms with van der Waals surface area (Å²) in [6.07, 6.45) is -1.70.